The largest absolute Gasteiger partial charge is 0.497 e. The highest BCUT2D eigenvalue weighted by molar-refractivity contribution is 7.91. The number of hydrogen-bond acceptors (Lipinski definition) is 11. The first-order chi connectivity index (χ1) is 26.9. The SMILES string of the molecule is CCC1C2CN(C(=O)C(C(C)(C)C)NC(=O)OC3CC3CCCCCc3nc4ccc(OC)cc4nc3O2)C1C(=O)NC1(C(=O)NS(=O)(=O)C2(C)CC2)CC1CC. The molecule has 8 unspecified atom stereocenters. The Kier molecular flexibility index (Phi) is 10.9. The van der Waals surface area contributed by atoms with Gasteiger partial charge in [-0.2, -0.15) is 0 Å². The summed E-state index contributed by atoms with van der Waals surface area (Å²) in [6.45, 7) is 10.9. The number of amides is 4. The molecule has 1 aromatic carbocycles. The number of fused-ring (bicyclic) bond motifs is 5. The molecule has 8 atom stereocenters. The molecule has 0 radical (unpaired) electrons. The molecular formula is C41H58N6O9S. The zero-order chi connectivity index (χ0) is 41.1. The summed E-state index contributed by atoms with van der Waals surface area (Å²) in [6, 6.07) is 3.26. The molecule has 16 heteroatoms. The predicted octanol–water partition coefficient (Wildman–Crippen LogP) is 4.55. The molecule has 0 spiro atoms. The molecule has 15 nitrogen and oxygen atoms in total. The van der Waals surface area contributed by atoms with Gasteiger partial charge in [0.2, 0.25) is 27.7 Å². The van der Waals surface area contributed by atoms with Crippen LogP contribution in [-0.2, 0) is 35.6 Å². The summed E-state index contributed by atoms with van der Waals surface area (Å²) in [5, 5.41) is 5.80. The molecule has 2 aliphatic heterocycles. The lowest BCUT2D eigenvalue weighted by Crippen LogP contribution is -2.61. The van der Waals surface area contributed by atoms with Crippen molar-refractivity contribution in [1.82, 2.24) is 30.2 Å². The third-order valence-corrected chi connectivity index (χ3v) is 15.1. The van der Waals surface area contributed by atoms with Crippen LogP contribution >= 0.6 is 0 Å². The van der Waals surface area contributed by atoms with Gasteiger partial charge in [-0.3, -0.25) is 19.1 Å². The average molecular weight is 811 g/mol. The van der Waals surface area contributed by atoms with E-state index in [0.717, 1.165) is 32.1 Å². The van der Waals surface area contributed by atoms with Crippen molar-refractivity contribution in [2.24, 2.45) is 23.2 Å². The fraction of sp³-hybridized carbons (Fsp3) is 0.707. The normalized spacial score (nSPS) is 31.3. The first kappa shape index (κ1) is 41.0. The molecule has 3 N–H and O–H groups in total. The van der Waals surface area contributed by atoms with Gasteiger partial charge >= 0.3 is 6.09 Å². The average Bonchev–Trinajstić information content (AvgIpc) is 4.11. The first-order valence-corrected chi connectivity index (χ1v) is 22.1. The van der Waals surface area contributed by atoms with E-state index in [1.54, 1.807) is 20.1 Å². The summed E-state index contributed by atoms with van der Waals surface area (Å²) in [5.74, 6) is -1.58. The number of aromatic nitrogens is 2. The number of nitrogens with zero attached hydrogens (tertiary/aromatic N) is 3. The van der Waals surface area contributed by atoms with E-state index in [9.17, 15) is 27.6 Å². The first-order valence-electron chi connectivity index (χ1n) is 20.6. The lowest BCUT2D eigenvalue weighted by molar-refractivity contribution is -0.143. The topological polar surface area (TPSA) is 195 Å². The van der Waals surface area contributed by atoms with Gasteiger partial charge in [-0.1, -0.05) is 53.9 Å². The molecule has 3 heterocycles. The quantitative estimate of drug-likeness (QED) is 0.339. The third kappa shape index (κ3) is 8.11. The van der Waals surface area contributed by atoms with Crippen LogP contribution < -0.4 is 24.8 Å². The van der Waals surface area contributed by atoms with E-state index < -0.39 is 73.6 Å². The van der Waals surface area contributed by atoms with Crippen LogP contribution in [0, 0.1) is 23.2 Å². The summed E-state index contributed by atoms with van der Waals surface area (Å²) in [5.41, 5.74) is -0.334. The number of rotatable bonds is 8. The zero-order valence-electron chi connectivity index (χ0n) is 34.2. The second kappa shape index (κ2) is 15.2. The smallest absolute Gasteiger partial charge is 0.408 e. The fourth-order valence-electron chi connectivity index (χ4n) is 8.67. The number of carbonyl (C=O) groups is 4. The van der Waals surface area contributed by atoms with Crippen LogP contribution in [-0.4, -0.2) is 95.3 Å². The van der Waals surface area contributed by atoms with Gasteiger partial charge in [-0.15, -0.1) is 0 Å². The molecule has 5 aliphatic rings. The van der Waals surface area contributed by atoms with Gasteiger partial charge in [-0.05, 0) is 87.7 Å². The van der Waals surface area contributed by atoms with E-state index >= 15 is 0 Å². The Bertz CT molecular complexity index is 2030. The van der Waals surface area contributed by atoms with Gasteiger partial charge in [-0.25, -0.2) is 23.2 Å². The van der Waals surface area contributed by atoms with Crippen LogP contribution in [0.25, 0.3) is 11.0 Å². The van der Waals surface area contributed by atoms with Crippen molar-refractivity contribution in [2.75, 3.05) is 13.7 Å². The number of nitrogens with one attached hydrogen (secondary N) is 3. The van der Waals surface area contributed by atoms with E-state index in [1.807, 2.05) is 46.8 Å². The van der Waals surface area contributed by atoms with Crippen LogP contribution in [0.15, 0.2) is 18.2 Å². The number of benzene rings is 1. The van der Waals surface area contributed by atoms with E-state index in [4.69, 9.17) is 24.2 Å². The number of alkyl carbamates (subject to hydrolysis) is 1. The van der Waals surface area contributed by atoms with Gasteiger partial charge < -0.3 is 29.7 Å². The highest BCUT2D eigenvalue weighted by Crippen LogP contribution is 2.48. The summed E-state index contributed by atoms with van der Waals surface area (Å²) in [4.78, 5) is 68.3. The van der Waals surface area contributed by atoms with Crippen LogP contribution in [0.5, 0.6) is 11.6 Å². The molecule has 4 amide bonds. The van der Waals surface area contributed by atoms with Crippen LogP contribution in [0.1, 0.15) is 111 Å². The van der Waals surface area contributed by atoms with Crippen molar-refractivity contribution in [2.45, 2.75) is 147 Å². The Morgan fingerprint density at radius 3 is 2.44 bits per heavy atom. The number of sulfonamides is 1. The highest BCUT2D eigenvalue weighted by atomic mass is 32.2. The second-order valence-electron chi connectivity index (χ2n) is 18.1. The standard InChI is InChI=1S/C41H58N6O9S/c1-8-24-21-41(24,37(50)46-57(52,53)40(6)17-18-40)45-34(48)32-26(9-2)31-22-47(32)36(49)33(39(3,4)5)44-38(51)56-30-19-23(30)13-11-10-12-14-28-35(55-31)43-29-20-25(54-7)15-16-27(29)42-28/h15-16,20,23-24,26,30-33H,8-14,17-19,21-22H2,1-7H3,(H,44,51)(H,45,48)(H,46,50). The van der Waals surface area contributed by atoms with Crippen molar-refractivity contribution in [1.29, 1.82) is 0 Å². The van der Waals surface area contributed by atoms with Crippen molar-refractivity contribution >= 4 is 44.9 Å². The molecule has 57 heavy (non-hydrogen) atoms. The van der Waals surface area contributed by atoms with E-state index in [2.05, 4.69) is 15.4 Å². The van der Waals surface area contributed by atoms with Crippen molar-refractivity contribution in [3.05, 3.63) is 23.9 Å². The molecule has 7 rings (SSSR count). The van der Waals surface area contributed by atoms with Crippen molar-refractivity contribution < 1.29 is 41.8 Å². The molecule has 3 saturated carbocycles. The molecule has 4 fully saturated rings. The maximum atomic E-state index is 14.9. The van der Waals surface area contributed by atoms with E-state index in [0.29, 0.717) is 60.5 Å². The highest BCUT2D eigenvalue weighted by Gasteiger charge is 2.64. The Balaban J connectivity index is 1.26. The monoisotopic (exact) mass is 810 g/mol. The fourth-order valence-corrected chi connectivity index (χ4v) is 9.98. The van der Waals surface area contributed by atoms with Crippen molar-refractivity contribution in [3.63, 3.8) is 0 Å². The van der Waals surface area contributed by atoms with E-state index in [1.165, 1.54) is 4.90 Å². The van der Waals surface area contributed by atoms with Gasteiger partial charge in [0.25, 0.3) is 5.91 Å². The summed E-state index contributed by atoms with van der Waals surface area (Å²) in [6.07, 6.45) is 5.42. The van der Waals surface area contributed by atoms with Gasteiger partial charge in [0, 0.05) is 12.0 Å². The third-order valence-electron chi connectivity index (χ3n) is 12.9. The second-order valence-corrected chi connectivity index (χ2v) is 20.3. The van der Waals surface area contributed by atoms with Crippen LogP contribution in [0.2, 0.25) is 0 Å². The number of carbonyl (C=O) groups excluding carboxylic acids is 4. The van der Waals surface area contributed by atoms with Gasteiger partial charge in [0.05, 0.1) is 29.4 Å². The minimum absolute atomic E-state index is 0.0240. The Morgan fingerprint density at radius 1 is 1.04 bits per heavy atom. The number of aryl methyl sites for hydroxylation is 1. The minimum Gasteiger partial charge on any atom is -0.497 e. The number of ether oxygens (including phenoxy) is 3. The maximum Gasteiger partial charge on any atom is 0.408 e. The summed E-state index contributed by atoms with van der Waals surface area (Å²) in [7, 11) is -2.40. The Morgan fingerprint density at radius 2 is 1.79 bits per heavy atom. The maximum absolute atomic E-state index is 14.9. The Hall–Kier alpha value is -4.21. The number of methoxy groups -OCH3 is 1. The molecule has 1 aromatic heterocycles. The summed E-state index contributed by atoms with van der Waals surface area (Å²) >= 11 is 0. The zero-order valence-corrected chi connectivity index (χ0v) is 35.0. The molecule has 3 aliphatic carbocycles. The van der Waals surface area contributed by atoms with Crippen LogP contribution in [0.4, 0.5) is 4.79 Å². The van der Waals surface area contributed by atoms with Gasteiger partial charge in [0.1, 0.15) is 41.3 Å². The molecule has 312 valence electrons. The van der Waals surface area contributed by atoms with Gasteiger partial charge in [0.15, 0.2) is 0 Å². The molecule has 2 aromatic rings. The Labute approximate surface area is 335 Å². The van der Waals surface area contributed by atoms with Crippen molar-refractivity contribution in [3.8, 4) is 11.6 Å². The summed E-state index contributed by atoms with van der Waals surface area (Å²) < 4.78 is 45.7. The lowest BCUT2D eigenvalue weighted by atomic mass is 9.85. The van der Waals surface area contributed by atoms with E-state index in [-0.39, 0.29) is 30.9 Å². The molecule has 1 saturated heterocycles. The molecular weight excluding hydrogens is 753 g/mol. The molecule has 2 bridgehead atoms. The predicted molar refractivity (Wildman–Crippen MR) is 211 cm³/mol. The minimum atomic E-state index is -3.98. The number of hydrogen-bond donors (Lipinski definition) is 3. The van der Waals surface area contributed by atoms with Crippen LogP contribution in [0.3, 0.4) is 0 Å². The lowest BCUT2D eigenvalue weighted by Gasteiger charge is -2.36.